The van der Waals surface area contributed by atoms with Gasteiger partial charge >= 0.3 is 20.1 Å². The Labute approximate surface area is 410 Å². The Morgan fingerprint density at radius 2 is 0.912 bits per heavy atom. The summed E-state index contributed by atoms with van der Waals surface area (Å²) in [5.41, 5.74) is 17.5. The molecule has 10 aromatic rings. The zero-order chi connectivity index (χ0) is 45.4. The van der Waals surface area contributed by atoms with Crippen molar-refractivity contribution in [2.45, 2.75) is 25.7 Å². The maximum atomic E-state index is 16.7. The second-order valence-corrected chi connectivity index (χ2v) is 16.5. The van der Waals surface area contributed by atoms with Crippen LogP contribution in [0.1, 0.15) is 27.8 Å². The van der Waals surface area contributed by atoms with Crippen molar-refractivity contribution in [3.63, 3.8) is 0 Å². The molecule has 0 radical (unpaired) electrons. The third-order valence-electron chi connectivity index (χ3n) is 12.1. The van der Waals surface area contributed by atoms with E-state index in [1.165, 1.54) is 22.3 Å². The second-order valence-electron chi connectivity index (χ2n) is 16.5. The van der Waals surface area contributed by atoms with Crippen LogP contribution in [-0.2, 0) is 45.8 Å². The quantitative estimate of drug-likeness (QED) is 0.108. The fourth-order valence-electron chi connectivity index (χ4n) is 8.60. The molecule has 0 saturated carbocycles. The monoisotopic (exact) mass is 1050 g/mol. The normalized spacial score (nSPS) is 10.8. The van der Waals surface area contributed by atoms with Gasteiger partial charge in [0.2, 0.25) is 0 Å². The Balaban J connectivity index is 0.00000578. The van der Waals surface area contributed by atoms with Crippen molar-refractivity contribution in [1.82, 2.24) is 15.0 Å². The van der Waals surface area contributed by atoms with E-state index in [0.29, 0.717) is 11.1 Å². The summed E-state index contributed by atoms with van der Waals surface area (Å²) in [5.74, 6) is -0.348. The fraction of sp³-hybridized carbons (Fsp3) is 0.0645. The molecule has 4 nitrogen and oxygen atoms in total. The van der Waals surface area contributed by atoms with Gasteiger partial charge in [-0.2, -0.15) is 5.26 Å². The van der Waals surface area contributed by atoms with Crippen LogP contribution < -0.4 is 0 Å². The van der Waals surface area contributed by atoms with E-state index >= 15 is 4.39 Å². The first kappa shape index (κ1) is 45.2. The van der Waals surface area contributed by atoms with E-state index < -0.39 is 0 Å². The van der Waals surface area contributed by atoms with Gasteiger partial charge in [-0.25, -0.2) is 4.39 Å². The van der Waals surface area contributed by atoms with Crippen molar-refractivity contribution in [2.24, 2.45) is 0 Å². The van der Waals surface area contributed by atoms with Crippen molar-refractivity contribution in [1.29, 1.82) is 5.26 Å². The van der Waals surface area contributed by atoms with Gasteiger partial charge in [0.15, 0.2) is 0 Å². The number of pyridine rings is 3. The molecule has 0 atom stereocenters. The van der Waals surface area contributed by atoms with Crippen LogP contribution in [0, 0.1) is 35.3 Å². The molecule has 7 aromatic carbocycles. The van der Waals surface area contributed by atoms with Gasteiger partial charge in [-0.15, -0.1) is 94.5 Å². The molecule has 0 fully saturated rings. The van der Waals surface area contributed by atoms with E-state index in [-0.39, 0.29) is 25.9 Å². The Bertz CT molecular complexity index is 3230. The number of rotatable bonds is 13. The molecule has 0 unspecified atom stereocenters. The standard InChI is InChI=1S/C62H42FN4.Ir/c63-59-41-51(48-24-22-45(42-64)23-25-48)30-33-57(59)58-40-52(62-13-5-8-36-67-62)31-32-56(58)55-10-2-1-9-54(55)53-38-46(16-14-43-18-26-49(27-19-43)60-11-3-6-34-65-60)37-47(39-53)17-15-44-20-28-50(29-21-44)61-12-4-7-35-66-61;/h1-13,18-26,28,30,32-41H,14-17H2;/q-3;+3. The second kappa shape index (κ2) is 21.1. The minimum atomic E-state index is -0.348. The molecule has 0 N–H and O–H groups in total. The molecule has 0 amide bonds. The first-order valence-electron chi connectivity index (χ1n) is 22.4. The molecule has 0 aliphatic carbocycles. The molecule has 0 aliphatic heterocycles. The predicted molar refractivity (Wildman–Crippen MR) is 267 cm³/mol. The SMILES string of the molecule is N#Cc1ccc(-c2ccc(-c3cc(-c4ccccn4)[c-]cc3-c3ccccc3-c3cc(CCc4c[c-]c(-c5ccccn5)cc4)cc(CCc4c[c-]c(-c5ccccn5)cc4)c3)c(F)c2)cc1.[Ir+3]. The third-order valence-corrected chi connectivity index (χ3v) is 12.1. The molecule has 10 rings (SSSR count). The molecule has 0 spiro atoms. The molecule has 3 aromatic heterocycles. The predicted octanol–water partition coefficient (Wildman–Crippen LogP) is 14.5. The van der Waals surface area contributed by atoms with Crippen LogP contribution in [-0.4, -0.2) is 15.0 Å². The van der Waals surface area contributed by atoms with Gasteiger partial charge in [-0.05, 0) is 105 Å². The van der Waals surface area contributed by atoms with Crippen LogP contribution in [0.4, 0.5) is 4.39 Å². The van der Waals surface area contributed by atoms with Crippen LogP contribution in [0.3, 0.4) is 0 Å². The fourth-order valence-corrected chi connectivity index (χ4v) is 8.60. The van der Waals surface area contributed by atoms with E-state index in [2.05, 4.69) is 112 Å². The molecule has 0 saturated heterocycles. The third kappa shape index (κ3) is 10.4. The molecule has 0 bridgehead atoms. The summed E-state index contributed by atoms with van der Waals surface area (Å²) in [7, 11) is 0. The minimum absolute atomic E-state index is 0. The Morgan fingerprint density at radius 1 is 0.397 bits per heavy atom. The minimum Gasteiger partial charge on any atom is -0.305 e. The summed E-state index contributed by atoms with van der Waals surface area (Å²) in [6, 6.07) is 74.8. The van der Waals surface area contributed by atoms with E-state index in [1.54, 1.807) is 36.8 Å². The summed E-state index contributed by atoms with van der Waals surface area (Å²) in [6.07, 6.45) is 8.73. The number of hydrogen-bond donors (Lipinski definition) is 0. The number of benzene rings is 7. The Morgan fingerprint density at radius 3 is 1.43 bits per heavy atom. The molecular formula is C62H42FIrN4. The number of nitriles is 1. The largest absolute Gasteiger partial charge is 3.00 e. The topological polar surface area (TPSA) is 62.5 Å². The number of aromatic nitrogens is 3. The maximum Gasteiger partial charge on any atom is 3.00 e. The van der Waals surface area contributed by atoms with Crippen molar-refractivity contribution in [3.05, 3.63) is 258 Å². The zero-order valence-electron chi connectivity index (χ0n) is 37.0. The molecular weight excluding hydrogens is 1010 g/mol. The first-order valence-corrected chi connectivity index (χ1v) is 22.4. The van der Waals surface area contributed by atoms with Crippen LogP contribution in [0.5, 0.6) is 0 Å². The molecule has 3 heterocycles. The first-order chi connectivity index (χ1) is 33.0. The number of halogens is 1. The van der Waals surface area contributed by atoms with Crippen molar-refractivity contribution >= 4 is 0 Å². The number of aryl methyl sites for hydroxylation is 4. The van der Waals surface area contributed by atoms with Gasteiger partial charge in [0.25, 0.3) is 0 Å². The van der Waals surface area contributed by atoms with E-state index in [1.807, 2.05) is 97.1 Å². The van der Waals surface area contributed by atoms with Crippen molar-refractivity contribution < 1.29 is 24.5 Å². The van der Waals surface area contributed by atoms with Gasteiger partial charge in [0.1, 0.15) is 5.82 Å². The van der Waals surface area contributed by atoms with Crippen LogP contribution >= 0.6 is 0 Å². The van der Waals surface area contributed by atoms with E-state index in [0.717, 1.165) is 98.4 Å². The van der Waals surface area contributed by atoms with E-state index in [9.17, 15) is 5.26 Å². The average molecular weight is 1050 g/mol. The number of hydrogen-bond acceptors (Lipinski definition) is 4. The smallest absolute Gasteiger partial charge is 0.305 e. The Kier molecular flexibility index (Phi) is 14.1. The van der Waals surface area contributed by atoms with Crippen molar-refractivity contribution in [3.8, 4) is 84.3 Å². The van der Waals surface area contributed by atoms with Gasteiger partial charge in [-0.1, -0.05) is 133 Å². The Hall–Kier alpha value is -7.94. The average Bonchev–Trinajstić information content (AvgIpc) is 3.40. The summed E-state index contributed by atoms with van der Waals surface area (Å²) in [5, 5.41) is 9.34. The van der Waals surface area contributed by atoms with E-state index in [4.69, 9.17) is 0 Å². The summed E-state index contributed by atoms with van der Waals surface area (Å²) < 4.78 is 16.7. The van der Waals surface area contributed by atoms with Crippen LogP contribution in [0.15, 0.2) is 207 Å². The molecule has 68 heavy (non-hydrogen) atoms. The van der Waals surface area contributed by atoms with Crippen molar-refractivity contribution in [2.75, 3.05) is 0 Å². The van der Waals surface area contributed by atoms with Gasteiger partial charge in [-0.3, -0.25) is 0 Å². The van der Waals surface area contributed by atoms with Gasteiger partial charge in [0, 0.05) is 18.6 Å². The van der Waals surface area contributed by atoms with Gasteiger partial charge in [0.05, 0.1) is 11.6 Å². The molecule has 6 heteroatoms. The van der Waals surface area contributed by atoms with Crippen LogP contribution in [0.2, 0.25) is 0 Å². The summed E-state index contributed by atoms with van der Waals surface area (Å²) in [6.45, 7) is 0. The maximum absolute atomic E-state index is 16.7. The van der Waals surface area contributed by atoms with Gasteiger partial charge < -0.3 is 15.0 Å². The number of nitrogens with zero attached hydrogens (tertiary/aromatic N) is 4. The molecule has 0 aliphatic rings. The molecule has 326 valence electrons. The zero-order valence-corrected chi connectivity index (χ0v) is 39.4. The summed E-state index contributed by atoms with van der Waals surface area (Å²) in [4.78, 5) is 13.6. The summed E-state index contributed by atoms with van der Waals surface area (Å²) >= 11 is 0. The van der Waals surface area contributed by atoms with Crippen LogP contribution in [0.25, 0.3) is 78.3 Å².